The lowest BCUT2D eigenvalue weighted by molar-refractivity contribution is -0.730. The lowest BCUT2D eigenvalue weighted by atomic mass is 10.0. The van der Waals surface area contributed by atoms with Gasteiger partial charge in [-0.3, -0.25) is 9.52 Å². The second-order valence-electron chi connectivity index (χ2n) is 6.28. The number of hydrogen-bond donors (Lipinski definition) is 3. The van der Waals surface area contributed by atoms with E-state index in [2.05, 4.69) is 31.2 Å². The van der Waals surface area contributed by atoms with Gasteiger partial charge in [0.05, 0.1) is 27.2 Å². The molecule has 13 heteroatoms. The molecule has 3 heterocycles. The predicted molar refractivity (Wildman–Crippen MR) is 113 cm³/mol. The van der Waals surface area contributed by atoms with E-state index < -0.39 is 17.3 Å². The number of pyridine rings is 1. The van der Waals surface area contributed by atoms with Gasteiger partial charge in [-0.05, 0) is 23.5 Å². The maximum absolute atomic E-state index is 14.1. The van der Waals surface area contributed by atoms with Crippen molar-refractivity contribution in [2.45, 2.75) is 0 Å². The number of nitrogen functional groups attached to an aromatic ring is 2. The first-order chi connectivity index (χ1) is 14.7. The van der Waals surface area contributed by atoms with E-state index in [0.29, 0.717) is 4.47 Å². The average Bonchev–Trinajstić information content (AvgIpc) is 3.22. The van der Waals surface area contributed by atoms with Crippen LogP contribution in [0.1, 0.15) is 10.4 Å². The van der Waals surface area contributed by atoms with Crippen LogP contribution >= 0.6 is 27.3 Å². The molecular formula is C18H11BrFN7O3S. The number of benzene rings is 1. The highest BCUT2D eigenvalue weighted by atomic mass is 79.9. The molecular weight excluding hydrogens is 493 g/mol. The summed E-state index contributed by atoms with van der Waals surface area (Å²) < 4.78 is 20.6. The highest BCUT2D eigenvalue weighted by molar-refractivity contribution is 9.10. The Balaban J connectivity index is 2.02. The van der Waals surface area contributed by atoms with Crippen molar-refractivity contribution in [1.82, 2.24) is 10.3 Å². The number of H-pyrrole nitrogens is 1. The number of nitrogens with one attached hydrogen (secondary N) is 1. The van der Waals surface area contributed by atoms with Crippen molar-refractivity contribution in [3.8, 4) is 17.3 Å². The molecule has 0 aliphatic carbocycles. The molecule has 0 spiro atoms. The summed E-state index contributed by atoms with van der Waals surface area (Å²) in [6, 6.07) is 5.95. The van der Waals surface area contributed by atoms with Crippen LogP contribution in [0.15, 0.2) is 37.0 Å². The van der Waals surface area contributed by atoms with Crippen LogP contribution in [0.4, 0.5) is 21.6 Å². The number of nitriles is 1. The van der Waals surface area contributed by atoms with Crippen molar-refractivity contribution < 1.29 is 18.7 Å². The van der Waals surface area contributed by atoms with Crippen molar-refractivity contribution in [2.75, 3.05) is 11.5 Å². The summed E-state index contributed by atoms with van der Waals surface area (Å²) in [5, 5.41) is 24.9. The minimum absolute atomic E-state index is 0.0324. The fourth-order valence-corrected chi connectivity index (χ4v) is 4.35. The Bertz CT molecular complexity index is 1500. The number of aliphatic imine (C=N–C) groups is 1. The van der Waals surface area contributed by atoms with E-state index in [9.17, 15) is 19.6 Å². The van der Waals surface area contributed by atoms with Gasteiger partial charge in [-0.2, -0.15) is 5.26 Å². The molecule has 0 radical (unpaired) electrons. The molecule has 0 bridgehead atoms. The van der Waals surface area contributed by atoms with Crippen LogP contribution in [0, 0.1) is 17.1 Å². The average molecular weight is 504 g/mol. The zero-order valence-corrected chi connectivity index (χ0v) is 18.0. The van der Waals surface area contributed by atoms with Gasteiger partial charge >= 0.3 is 11.3 Å². The second-order valence-corrected chi connectivity index (χ2v) is 8.20. The van der Waals surface area contributed by atoms with Crippen LogP contribution in [-0.4, -0.2) is 16.2 Å². The van der Waals surface area contributed by atoms with Crippen molar-refractivity contribution >= 4 is 60.6 Å². The maximum Gasteiger partial charge on any atom is 0.435 e. The Morgan fingerprint density at radius 2 is 2.23 bits per heavy atom. The number of thiophene rings is 1. The number of aryl methyl sites for hydroxylation is 1. The number of halogens is 2. The third-order valence-corrected chi connectivity index (χ3v) is 5.96. The van der Waals surface area contributed by atoms with Gasteiger partial charge in [0.2, 0.25) is 0 Å². The summed E-state index contributed by atoms with van der Waals surface area (Å²) in [6.07, 6.45) is 0. The van der Waals surface area contributed by atoms with Crippen molar-refractivity contribution in [3.63, 3.8) is 0 Å². The van der Waals surface area contributed by atoms with Gasteiger partial charge in [0, 0.05) is 10.4 Å². The molecule has 4 rings (SSSR count). The van der Waals surface area contributed by atoms with Crippen LogP contribution in [0.3, 0.4) is 0 Å². The molecule has 0 saturated carbocycles. The Morgan fingerprint density at radius 3 is 2.84 bits per heavy atom. The van der Waals surface area contributed by atoms with Crippen molar-refractivity contribution in [2.24, 2.45) is 12.0 Å². The smallest absolute Gasteiger partial charge is 0.435 e. The van der Waals surface area contributed by atoms with E-state index in [4.69, 9.17) is 16.0 Å². The van der Waals surface area contributed by atoms with Crippen LogP contribution in [-0.2, 0) is 7.05 Å². The van der Waals surface area contributed by atoms with Gasteiger partial charge in [0.1, 0.15) is 28.1 Å². The molecule has 1 aromatic carbocycles. The summed E-state index contributed by atoms with van der Waals surface area (Å²) in [6.45, 7) is 0. The second kappa shape index (κ2) is 7.49. The molecule has 10 nitrogen and oxygen atoms in total. The summed E-state index contributed by atoms with van der Waals surface area (Å²) in [5.74, 6) is -1.66. The molecule has 31 heavy (non-hydrogen) atoms. The number of nitrogens with zero attached hydrogens (tertiary/aromatic N) is 4. The van der Waals surface area contributed by atoms with Gasteiger partial charge < -0.3 is 16.6 Å². The highest BCUT2D eigenvalue weighted by Crippen LogP contribution is 2.41. The van der Waals surface area contributed by atoms with Gasteiger partial charge in [0.15, 0.2) is 7.05 Å². The molecule has 0 aliphatic rings. The number of rotatable bonds is 3. The Kier molecular flexibility index (Phi) is 4.96. The highest BCUT2D eigenvalue weighted by Gasteiger charge is 2.31. The molecule has 0 aliphatic heterocycles. The number of hydrogen-bond acceptors (Lipinski definition) is 9. The number of fused-ring (bicyclic) bond motifs is 1. The standard InChI is InChI=1S/C18H11BrFN7O3S/c1-27-13(18(29)30-26-27)10-7(5-21)15(23)25-17-11(10)12(22)14(31-17)16(28)24-9-3-2-6(19)4-8(9)20/h2-4H,1H3,(H5-,22,23,24,25,26,28,29). The zero-order chi connectivity index (χ0) is 22.4. The third-order valence-electron chi connectivity index (χ3n) is 4.38. The molecule has 4 aromatic rings. The van der Waals surface area contributed by atoms with E-state index in [1.807, 2.05) is 6.07 Å². The summed E-state index contributed by atoms with van der Waals surface area (Å²) in [5.41, 5.74) is 11.1. The third kappa shape index (κ3) is 3.31. The predicted octanol–water partition coefficient (Wildman–Crippen LogP) is 1.45. The molecule has 5 N–H and O–H groups in total. The molecule has 0 unspecified atom stereocenters. The van der Waals surface area contributed by atoms with Crippen LogP contribution in [0.5, 0.6) is 0 Å². The fourth-order valence-electron chi connectivity index (χ4n) is 3.02. The van der Waals surface area contributed by atoms with Crippen LogP contribution in [0.25, 0.3) is 21.5 Å². The van der Waals surface area contributed by atoms with Crippen LogP contribution < -0.4 is 26.9 Å². The minimum Gasteiger partial charge on any atom is -0.858 e. The van der Waals surface area contributed by atoms with E-state index in [-0.39, 0.29) is 49.1 Å². The minimum atomic E-state index is -0.810. The number of nitrogens with two attached hydrogens (primary N) is 2. The number of anilines is 2. The van der Waals surface area contributed by atoms with Crippen LogP contribution in [0.2, 0.25) is 0 Å². The summed E-state index contributed by atoms with van der Waals surface area (Å²) in [7, 11) is 1.49. The number of aromatic nitrogens is 3. The van der Waals surface area contributed by atoms with Crippen molar-refractivity contribution in [3.05, 3.63) is 49.3 Å². The Morgan fingerprint density at radius 1 is 1.48 bits per heavy atom. The lowest BCUT2D eigenvalue weighted by Gasteiger charge is -2.10. The van der Waals surface area contributed by atoms with E-state index in [0.717, 1.165) is 11.3 Å². The summed E-state index contributed by atoms with van der Waals surface area (Å²) in [4.78, 5) is 20.4. The topological polar surface area (TPSA) is 174 Å². The van der Waals surface area contributed by atoms with E-state index >= 15 is 0 Å². The van der Waals surface area contributed by atoms with E-state index in [1.165, 1.54) is 29.9 Å². The van der Waals surface area contributed by atoms with Gasteiger partial charge in [-0.15, -0.1) is 11.3 Å². The SMILES string of the molecule is C[n+]1[nH]oc(=O)c1-c1c(C#N)c(N)nc2sc(C([O-])=Nc3ccc(Br)cc3F)c(N)c12. The largest absolute Gasteiger partial charge is 0.858 e. The summed E-state index contributed by atoms with van der Waals surface area (Å²) >= 11 is 4.00. The first-order valence-corrected chi connectivity index (χ1v) is 10.0. The normalized spacial score (nSPS) is 11.7. The first-order valence-electron chi connectivity index (χ1n) is 8.43. The lowest BCUT2D eigenvalue weighted by Crippen LogP contribution is -2.34. The Hall–Kier alpha value is -3.76. The number of aromatic amines is 1. The fraction of sp³-hybridized carbons (Fsp3) is 0.0556. The molecule has 0 atom stereocenters. The molecule has 156 valence electrons. The first kappa shape index (κ1) is 20.5. The van der Waals surface area contributed by atoms with E-state index in [1.54, 1.807) is 0 Å². The molecule has 0 saturated heterocycles. The Labute approximate surface area is 185 Å². The van der Waals surface area contributed by atoms with Gasteiger partial charge in [-0.25, -0.2) is 14.2 Å². The molecule has 0 fully saturated rings. The van der Waals surface area contributed by atoms with Crippen molar-refractivity contribution in [1.29, 1.82) is 5.26 Å². The van der Waals surface area contributed by atoms with Gasteiger partial charge in [-0.1, -0.05) is 20.6 Å². The van der Waals surface area contributed by atoms with Gasteiger partial charge in [0.25, 0.3) is 0 Å². The molecule has 3 aromatic heterocycles. The monoisotopic (exact) mass is 503 g/mol. The maximum atomic E-state index is 14.1. The quantitative estimate of drug-likeness (QED) is 0.215. The molecule has 0 amide bonds. The zero-order valence-electron chi connectivity index (χ0n) is 15.6.